The fourth-order valence-electron chi connectivity index (χ4n) is 3.97. The zero-order chi connectivity index (χ0) is 22.7. The van der Waals surface area contributed by atoms with Crippen molar-refractivity contribution in [2.45, 2.75) is 27.2 Å². The van der Waals surface area contributed by atoms with Crippen molar-refractivity contribution < 1.29 is 4.79 Å². The first-order valence-corrected chi connectivity index (χ1v) is 10.3. The molecule has 31 heavy (non-hydrogen) atoms. The molecule has 0 aliphatic rings. The summed E-state index contributed by atoms with van der Waals surface area (Å²) in [5.74, 6) is -0.267. The molecule has 0 saturated carbocycles. The van der Waals surface area contributed by atoms with E-state index in [1.807, 2.05) is 44.4 Å². The summed E-state index contributed by atoms with van der Waals surface area (Å²) >= 11 is 0. The molecule has 0 saturated heterocycles. The minimum absolute atomic E-state index is 0.00650. The first-order chi connectivity index (χ1) is 14.8. The third kappa shape index (κ3) is 4.45. The maximum atomic E-state index is 12.4. The third-order valence-corrected chi connectivity index (χ3v) is 5.54. The highest BCUT2D eigenvalue weighted by Gasteiger charge is 2.17. The van der Waals surface area contributed by atoms with Crippen molar-refractivity contribution in [3.05, 3.63) is 88.4 Å². The Morgan fingerprint density at radius 1 is 1.16 bits per heavy atom. The van der Waals surface area contributed by atoms with E-state index in [-0.39, 0.29) is 11.5 Å². The molecule has 160 valence electrons. The normalized spacial score (nSPS) is 10.6. The van der Waals surface area contributed by atoms with Crippen LogP contribution in [0.5, 0.6) is 0 Å². The molecule has 0 fully saturated rings. The summed E-state index contributed by atoms with van der Waals surface area (Å²) in [4.78, 5) is 26.5. The number of benzene rings is 2. The lowest BCUT2D eigenvalue weighted by atomic mass is 9.99. The Labute approximate surface area is 183 Å². The number of carbonyl (C=O) groups is 1. The van der Waals surface area contributed by atoms with Crippen LogP contribution in [0.15, 0.2) is 66.1 Å². The quantitative estimate of drug-likeness (QED) is 0.568. The Morgan fingerprint density at radius 2 is 1.84 bits per heavy atom. The lowest BCUT2D eigenvalue weighted by molar-refractivity contribution is -0.111. The van der Waals surface area contributed by atoms with Crippen LogP contribution < -0.4 is 15.8 Å². The average molecular weight is 416 g/mol. The molecular weight excluding hydrogens is 386 g/mol. The third-order valence-electron chi connectivity index (χ3n) is 5.54. The summed E-state index contributed by atoms with van der Waals surface area (Å²) in [7, 11) is 3.81. The van der Waals surface area contributed by atoms with Gasteiger partial charge in [-0.15, -0.1) is 0 Å². The van der Waals surface area contributed by atoms with Crippen molar-refractivity contribution in [3.8, 4) is 11.1 Å². The van der Waals surface area contributed by atoms with Gasteiger partial charge in [0.05, 0.1) is 0 Å². The standard InChI is InChI=1S/C26H29N3O2/c1-7-19-14-20(16-28(5)26(19)31)22-15-21(27-24(30)8-2)12-13-23(22)29(6)25-17(3)10-9-11-18(25)4/h8-16H,2,7H2,1,3-6H3,(H,27,30). The van der Waals surface area contributed by atoms with Gasteiger partial charge >= 0.3 is 0 Å². The zero-order valence-electron chi connectivity index (χ0n) is 18.8. The number of nitrogens with zero attached hydrogens (tertiary/aromatic N) is 2. The number of anilines is 3. The first kappa shape index (κ1) is 22.1. The molecule has 2 aromatic carbocycles. The molecule has 1 heterocycles. The van der Waals surface area contributed by atoms with Gasteiger partial charge in [0.1, 0.15) is 0 Å². The van der Waals surface area contributed by atoms with E-state index < -0.39 is 0 Å². The van der Waals surface area contributed by atoms with Crippen molar-refractivity contribution in [2.24, 2.45) is 7.05 Å². The lowest BCUT2D eigenvalue weighted by Gasteiger charge is -2.27. The number of hydrogen-bond acceptors (Lipinski definition) is 3. The molecule has 1 amide bonds. The van der Waals surface area contributed by atoms with Gasteiger partial charge in [-0.3, -0.25) is 9.59 Å². The number of aromatic nitrogens is 1. The van der Waals surface area contributed by atoms with E-state index in [1.54, 1.807) is 11.6 Å². The van der Waals surface area contributed by atoms with Gasteiger partial charge in [0, 0.05) is 54.0 Å². The number of hydrogen-bond donors (Lipinski definition) is 1. The number of amides is 1. The maximum Gasteiger partial charge on any atom is 0.253 e. The van der Waals surface area contributed by atoms with Crippen LogP contribution in [0.2, 0.25) is 0 Å². The van der Waals surface area contributed by atoms with Gasteiger partial charge in [-0.2, -0.15) is 0 Å². The highest BCUT2D eigenvalue weighted by Crippen LogP contribution is 2.38. The Morgan fingerprint density at radius 3 is 2.45 bits per heavy atom. The monoisotopic (exact) mass is 415 g/mol. The van der Waals surface area contributed by atoms with Crippen LogP contribution in [-0.2, 0) is 18.3 Å². The lowest BCUT2D eigenvalue weighted by Crippen LogP contribution is -2.20. The molecule has 1 aromatic heterocycles. The SMILES string of the molecule is C=CC(=O)Nc1ccc(N(C)c2c(C)cccc2C)c(-c2cc(CC)c(=O)n(C)c2)c1. The van der Waals surface area contributed by atoms with Crippen LogP contribution in [0.3, 0.4) is 0 Å². The Balaban J connectivity index is 2.25. The van der Waals surface area contributed by atoms with Crippen molar-refractivity contribution in [1.82, 2.24) is 4.57 Å². The molecule has 0 spiro atoms. The number of rotatable bonds is 6. The van der Waals surface area contributed by atoms with Crippen LogP contribution in [0.4, 0.5) is 17.1 Å². The number of para-hydroxylation sites is 1. The fourth-order valence-corrected chi connectivity index (χ4v) is 3.97. The molecule has 3 aromatic rings. The molecule has 5 nitrogen and oxygen atoms in total. The van der Waals surface area contributed by atoms with Gasteiger partial charge in [0.25, 0.3) is 5.56 Å². The van der Waals surface area contributed by atoms with Crippen LogP contribution in [0.1, 0.15) is 23.6 Å². The summed E-state index contributed by atoms with van der Waals surface area (Å²) in [6, 6.07) is 14.0. The Kier molecular flexibility index (Phi) is 6.44. The molecule has 0 radical (unpaired) electrons. The van der Waals surface area contributed by atoms with E-state index in [0.717, 1.165) is 28.1 Å². The van der Waals surface area contributed by atoms with Gasteiger partial charge in [-0.25, -0.2) is 0 Å². The number of nitrogens with one attached hydrogen (secondary N) is 1. The van der Waals surface area contributed by atoms with Crippen LogP contribution >= 0.6 is 0 Å². The molecule has 3 rings (SSSR count). The van der Waals surface area contributed by atoms with Gasteiger partial charge in [0.2, 0.25) is 5.91 Å². The van der Waals surface area contributed by atoms with Crippen LogP contribution in [0, 0.1) is 13.8 Å². The highest BCUT2D eigenvalue weighted by atomic mass is 16.1. The van der Waals surface area contributed by atoms with Gasteiger partial charge < -0.3 is 14.8 Å². The predicted octanol–water partition coefficient (Wildman–Crippen LogP) is 5.12. The van der Waals surface area contributed by atoms with Crippen molar-refractivity contribution in [3.63, 3.8) is 0 Å². The zero-order valence-corrected chi connectivity index (χ0v) is 18.8. The molecule has 0 atom stereocenters. The first-order valence-electron chi connectivity index (χ1n) is 10.3. The predicted molar refractivity (Wildman–Crippen MR) is 129 cm³/mol. The summed E-state index contributed by atoms with van der Waals surface area (Å²) < 4.78 is 1.62. The summed E-state index contributed by atoms with van der Waals surface area (Å²) in [5.41, 5.74) is 7.74. The number of pyridine rings is 1. The van der Waals surface area contributed by atoms with Crippen LogP contribution in [-0.4, -0.2) is 17.5 Å². The largest absolute Gasteiger partial charge is 0.344 e. The molecular formula is C26H29N3O2. The minimum Gasteiger partial charge on any atom is -0.344 e. The van der Waals surface area contributed by atoms with Gasteiger partial charge in [0.15, 0.2) is 0 Å². The van der Waals surface area contributed by atoms with Crippen molar-refractivity contribution >= 4 is 23.0 Å². The van der Waals surface area contributed by atoms with Gasteiger partial charge in [-0.1, -0.05) is 31.7 Å². The number of carbonyl (C=O) groups excluding carboxylic acids is 1. The fraction of sp³-hybridized carbons (Fsp3) is 0.231. The molecule has 0 aliphatic carbocycles. The smallest absolute Gasteiger partial charge is 0.253 e. The van der Waals surface area contributed by atoms with E-state index in [4.69, 9.17) is 0 Å². The highest BCUT2D eigenvalue weighted by molar-refractivity contribution is 6.00. The second-order valence-electron chi connectivity index (χ2n) is 7.75. The van der Waals surface area contributed by atoms with Crippen LogP contribution in [0.25, 0.3) is 11.1 Å². The Hall–Kier alpha value is -3.60. The van der Waals surface area contributed by atoms with E-state index in [2.05, 4.69) is 48.8 Å². The van der Waals surface area contributed by atoms with E-state index in [0.29, 0.717) is 12.1 Å². The second-order valence-corrected chi connectivity index (χ2v) is 7.75. The summed E-state index contributed by atoms with van der Waals surface area (Å²) in [6.45, 7) is 9.70. The maximum absolute atomic E-state index is 12.4. The molecule has 0 bridgehead atoms. The number of aryl methyl sites for hydroxylation is 4. The van der Waals surface area contributed by atoms with E-state index >= 15 is 0 Å². The summed E-state index contributed by atoms with van der Waals surface area (Å²) in [5, 5.41) is 2.84. The Bertz CT molecular complexity index is 1190. The van der Waals surface area contributed by atoms with E-state index in [9.17, 15) is 9.59 Å². The topological polar surface area (TPSA) is 54.3 Å². The second kappa shape index (κ2) is 9.04. The molecule has 0 unspecified atom stereocenters. The molecule has 5 heteroatoms. The summed E-state index contributed by atoms with van der Waals surface area (Å²) in [6.07, 6.45) is 3.74. The molecule has 1 N–H and O–H groups in total. The van der Waals surface area contributed by atoms with E-state index in [1.165, 1.54) is 17.2 Å². The van der Waals surface area contributed by atoms with Crippen molar-refractivity contribution in [2.75, 3.05) is 17.3 Å². The van der Waals surface area contributed by atoms with Gasteiger partial charge in [-0.05, 0) is 61.7 Å². The molecule has 0 aliphatic heterocycles. The average Bonchev–Trinajstić information content (AvgIpc) is 2.75. The minimum atomic E-state index is -0.267. The van der Waals surface area contributed by atoms with Crippen molar-refractivity contribution in [1.29, 1.82) is 0 Å².